The fourth-order valence-electron chi connectivity index (χ4n) is 6.43. The van der Waals surface area contributed by atoms with Crippen LogP contribution in [0.2, 0.25) is 0 Å². The van der Waals surface area contributed by atoms with Crippen LogP contribution in [0.3, 0.4) is 0 Å². The number of rotatable bonds is 16. The van der Waals surface area contributed by atoms with Gasteiger partial charge in [0.05, 0.1) is 30.3 Å². The Morgan fingerprint density at radius 1 is 1.00 bits per heavy atom. The number of fused-ring (bicyclic) bond motifs is 14. The number of alkyl carbamates (subject to hydrolysis) is 1. The molecule has 2 aromatic rings. The zero-order chi connectivity index (χ0) is 45.3. The summed E-state index contributed by atoms with van der Waals surface area (Å²) < 4.78 is 40.6. The molecule has 0 saturated carbocycles. The summed E-state index contributed by atoms with van der Waals surface area (Å²) in [6, 6.07) is 8.08. The molecule has 61 heavy (non-hydrogen) atoms. The number of hydrogen-bond donors (Lipinski definition) is 7. The predicted molar refractivity (Wildman–Crippen MR) is 230 cm³/mol. The van der Waals surface area contributed by atoms with Gasteiger partial charge in [0.1, 0.15) is 29.5 Å². The Balaban J connectivity index is 1.96. The number of ether oxygens (including phenoxy) is 2. The first-order valence-corrected chi connectivity index (χ1v) is 22.5. The van der Waals surface area contributed by atoms with Crippen LogP contribution in [0.4, 0.5) is 10.5 Å². The second kappa shape index (κ2) is 24.0. The van der Waals surface area contributed by atoms with Crippen LogP contribution >= 0.6 is 0 Å². The summed E-state index contributed by atoms with van der Waals surface area (Å²) in [5.74, 6) is -1.76. The molecule has 0 unspecified atom stereocenters. The number of unbranched alkanes of at least 4 members (excludes halogenated alkanes) is 1. The lowest BCUT2D eigenvalue weighted by Crippen LogP contribution is -2.59. The molecule has 7 N–H and O–H groups in total. The van der Waals surface area contributed by atoms with Crippen molar-refractivity contribution in [3.63, 3.8) is 0 Å². The molecule has 17 nitrogen and oxygen atoms in total. The Labute approximate surface area is 360 Å². The average Bonchev–Trinajstić information content (AvgIpc) is 3.18. The van der Waals surface area contributed by atoms with E-state index in [4.69, 9.17) is 9.47 Å². The van der Waals surface area contributed by atoms with Crippen molar-refractivity contribution < 1.29 is 52.1 Å². The largest absolute Gasteiger partial charge is 0.494 e. The van der Waals surface area contributed by atoms with Crippen LogP contribution in [-0.2, 0) is 40.4 Å². The maximum absolute atomic E-state index is 14.2. The van der Waals surface area contributed by atoms with E-state index in [-0.39, 0.29) is 55.7 Å². The molecule has 18 heteroatoms. The molecule has 4 rings (SSSR count). The highest BCUT2D eigenvalue weighted by molar-refractivity contribution is 7.89. The third-order valence-corrected chi connectivity index (χ3v) is 11.7. The van der Waals surface area contributed by atoms with Crippen LogP contribution < -0.4 is 31.3 Å². The van der Waals surface area contributed by atoms with Gasteiger partial charge in [-0.3, -0.25) is 19.2 Å². The lowest BCUT2D eigenvalue weighted by molar-refractivity contribution is -0.133. The lowest BCUT2D eigenvalue weighted by Gasteiger charge is -2.31. The van der Waals surface area contributed by atoms with Crippen LogP contribution in [-0.4, -0.2) is 115 Å². The number of carbonyl (C=O) groups excluding carboxylic acids is 5. The fourth-order valence-corrected chi connectivity index (χ4v) is 7.90. The van der Waals surface area contributed by atoms with Crippen LogP contribution in [0, 0.1) is 5.92 Å². The number of sulfonamides is 1. The van der Waals surface area contributed by atoms with Gasteiger partial charge in [0, 0.05) is 25.7 Å². The van der Waals surface area contributed by atoms with Gasteiger partial charge < -0.3 is 46.3 Å². The molecule has 5 atom stereocenters. The van der Waals surface area contributed by atoms with E-state index >= 15 is 0 Å². The summed E-state index contributed by atoms with van der Waals surface area (Å²) >= 11 is 0. The first-order chi connectivity index (χ1) is 28.7. The highest BCUT2D eigenvalue weighted by Crippen LogP contribution is 2.22. The molecule has 0 aliphatic carbocycles. The van der Waals surface area contributed by atoms with Crippen molar-refractivity contribution in [1.29, 1.82) is 0 Å². The Morgan fingerprint density at radius 3 is 2.26 bits per heavy atom. The van der Waals surface area contributed by atoms with E-state index in [1.807, 2.05) is 20.8 Å². The molecule has 0 aromatic heterocycles. The van der Waals surface area contributed by atoms with Crippen molar-refractivity contribution in [3.05, 3.63) is 54.1 Å². The Kier molecular flexibility index (Phi) is 19.9. The Hall–Kier alpha value is -4.78. The number of amides is 5. The van der Waals surface area contributed by atoms with E-state index in [1.165, 1.54) is 35.5 Å². The van der Waals surface area contributed by atoms with E-state index in [9.17, 15) is 42.6 Å². The van der Waals surface area contributed by atoms with Gasteiger partial charge in [0.25, 0.3) is 0 Å². The minimum Gasteiger partial charge on any atom is -0.494 e. The SMILES string of the molecule is CCCC[C@@H]1NC(=O)[C@H](NC(=O)[C@H](CO)NC(=O)OC(C)(C)C)CCCCOc2ccc(cc2)C[C@@H]([C@H](O)CN(CCC(C)C)S(=O)(=O)c2ccc(NC(C)=O)cc2)NC1=O. The molecule has 2 aliphatic rings. The number of aliphatic hydroxyl groups excluding tert-OH is 2. The minimum absolute atomic E-state index is 0.0407. The zero-order valence-corrected chi connectivity index (χ0v) is 37.3. The fraction of sp³-hybridized carbons (Fsp3) is 0.605. The van der Waals surface area contributed by atoms with Crippen molar-refractivity contribution in [1.82, 2.24) is 25.6 Å². The Morgan fingerprint density at radius 2 is 1.67 bits per heavy atom. The molecule has 340 valence electrons. The van der Waals surface area contributed by atoms with Crippen LogP contribution in [0.15, 0.2) is 53.4 Å². The average molecular weight is 875 g/mol. The summed E-state index contributed by atoms with van der Waals surface area (Å²) in [4.78, 5) is 65.5. The zero-order valence-electron chi connectivity index (χ0n) is 36.5. The van der Waals surface area contributed by atoms with E-state index in [0.717, 1.165) is 5.56 Å². The van der Waals surface area contributed by atoms with Gasteiger partial charge >= 0.3 is 6.09 Å². The quantitative estimate of drug-likeness (QED) is 0.129. The highest BCUT2D eigenvalue weighted by Gasteiger charge is 2.34. The molecule has 0 radical (unpaired) electrons. The van der Waals surface area contributed by atoms with E-state index in [2.05, 4.69) is 26.6 Å². The van der Waals surface area contributed by atoms with Crippen molar-refractivity contribution >= 4 is 45.4 Å². The lowest BCUT2D eigenvalue weighted by atomic mass is 9.99. The topological polar surface area (TPSA) is 242 Å². The molecule has 2 aromatic carbocycles. The molecule has 0 spiro atoms. The molecule has 0 fully saturated rings. The number of anilines is 1. The van der Waals surface area contributed by atoms with Crippen LogP contribution in [0.25, 0.3) is 0 Å². The summed E-state index contributed by atoms with van der Waals surface area (Å²) in [6.07, 6.45) is 0.704. The monoisotopic (exact) mass is 874 g/mol. The molecule has 2 bridgehead atoms. The van der Waals surface area contributed by atoms with Crippen LogP contribution in [0.5, 0.6) is 5.75 Å². The molecular formula is C43H66N6O11S. The summed E-state index contributed by atoms with van der Waals surface area (Å²) in [6.45, 7) is 11.3. The summed E-state index contributed by atoms with van der Waals surface area (Å²) in [7, 11) is -4.17. The van der Waals surface area contributed by atoms with Gasteiger partial charge in [0.2, 0.25) is 33.7 Å². The smallest absolute Gasteiger partial charge is 0.408 e. The third-order valence-electron chi connectivity index (χ3n) is 9.79. The van der Waals surface area contributed by atoms with E-state index in [1.54, 1.807) is 45.0 Å². The first-order valence-electron chi connectivity index (χ1n) is 21.0. The van der Waals surface area contributed by atoms with Crippen LogP contribution in [0.1, 0.15) is 99.0 Å². The Bertz CT molecular complexity index is 1850. The van der Waals surface area contributed by atoms with Crippen molar-refractivity contribution in [2.75, 3.05) is 31.6 Å². The van der Waals surface area contributed by atoms with E-state index < -0.39 is 76.3 Å². The standard InChI is InChI=1S/C43H66N6O11S/c1-8-9-12-34-40(54)47-36(38(52)26-49(23-22-28(2)3)61(57,58)33-20-16-31(17-21-33)44-29(4)51)25-30-14-18-32(19-15-30)59-24-11-10-13-35(39(53)45-34)46-41(55)37(27-50)48-42(56)60-43(5,6)7/h14-21,28,34-38,50,52H,8-13,22-27H2,1-7H3,(H,44,51)(H,45,53)(H,46,55)(H,47,54)(H,48,56)/t34-,35+,36-,37-,38+/m0/s1. The van der Waals surface area contributed by atoms with Gasteiger partial charge in [-0.2, -0.15) is 4.31 Å². The number of hydrogen-bond acceptors (Lipinski definition) is 11. The molecular weight excluding hydrogens is 809 g/mol. The molecule has 5 amide bonds. The van der Waals surface area contributed by atoms with Crippen molar-refractivity contribution in [2.45, 2.75) is 141 Å². The predicted octanol–water partition coefficient (Wildman–Crippen LogP) is 3.38. The first kappa shape index (κ1) is 50.6. The minimum atomic E-state index is -4.17. The maximum Gasteiger partial charge on any atom is 0.408 e. The van der Waals surface area contributed by atoms with E-state index in [0.29, 0.717) is 43.5 Å². The summed E-state index contributed by atoms with van der Waals surface area (Å²) in [5, 5.41) is 35.2. The number of nitrogens with zero attached hydrogens (tertiary/aromatic N) is 1. The number of aliphatic hydroxyl groups is 2. The maximum atomic E-state index is 14.2. The molecule has 2 aliphatic heterocycles. The van der Waals surface area contributed by atoms with Gasteiger partial charge in [-0.05, 0) is 107 Å². The van der Waals surface area contributed by atoms with Gasteiger partial charge in [-0.25, -0.2) is 13.2 Å². The number of nitrogens with one attached hydrogen (secondary N) is 5. The van der Waals surface area contributed by atoms with Crippen molar-refractivity contribution in [3.8, 4) is 5.75 Å². The van der Waals surface area contributed by atoms with Gasteiger partial charge in [-0.15, -0.1) is 0 Å². The molecule has 2 heterocycles. The van der Waals surface area contributed by atoms with Gasteiger partial charge in [0.15, 0.2) is 0 Å². The number of carbonyl (C=O) groups is 5. The van der Waals surface area contributed by atoms with Crippen molar-refractivity contribution in [2.24, 2.45) is 5.92 Å². The highest BCUT2D eigenvalue weighted by atomic mass is 32.2. The third kappa shape index (κ3) is 17.3. The number of benzene rings is 2. The molecule has 0 saturated heterocycles. The normalized spacial score (nSPS) is 19.2. The van der Waals surface area contributed by atoms with Gasteiger partial charge in [-0.1, -0.05) is 45.7 Å². The summed E-state index contributed by atoms with van der Waals surface area (Å²) in [5.41, 5.74) is 0.273. The second-order valence-electron chi connectivity index (χ2n) is 16.8. The second-order valence-corrected chi connectivity index (χ2v) is 18.7.